The highest BCUT2D eigenvalue weighted by Gasteiger charge is 2.34. The lowest BCUT2D eigenvalue weighted by atomic mass is 10.0. The minimum atomic E-state index is -4.64. The molecule has 1 aromatic rings. The van der Waals surface area contributed by atoms with Gasteiger partial charge >= 0.3 is 11.9 Å². The van der Waals surface area contributed by atoms with E-state index in [1.54, 1.807) is 0 Å². The zero-order chi connectivity index (χ0) is 15.6. The summed E-state index contributed by atoms with van der Waals surface area (Å²) in [4.78, 5) is 13.3. The molecular weight excluding hydrogens is 291 g/mol. The first kappa shape index (κ1) is 15.5. The number of halogens is 3. The van der Waals surface area contributed by atoms with Crippen LogP contribution in [-0.4, -0.2) is 28.7 Å². The second kappa shape index (κ2) is 5.84. The number of hydrogen-bond donors (Lipinski definition) is 1. The van der Waals surface area contributed by atoms with Gasteiger partial charge < -0.3 is 10.1 Å². The molecule has 1 fully saturated rings. The maximum Gasteiger partial charge on any atom is 0.433 e. The second-order valence-corrected chi connectivity index (χ2v) is 4.89. The smallest absolute Gasteiger partial charge is 0.378 e. The Morgan fingerprint density at radius 2 is 2.24 bits per heavy atom. The maximum absolute atomic E-state index is 12.7. The van der Waals surface area contributed by atoms with Gasteiger partial charge in [-0.3, -0.25) is 10.1 Å². The summed E-state index contributed by atoms with van der Waals surface area (Å²) in [5.74, 6) is 0. The predicted molar refractivity (Wildman–Crippen MR) is 68.0 cm³/mol. The average molecular weight is 305 g/mol. The van der Waals surface area contributed by atoms with Crippen molar-refractivity contribution in [1.29, 1.82) is 0 Å². The highest BCUT2D eigenvalue weighted by Crippen LogP contribution is 2.33. The van der Waals surface area contributed by atoms with E-state index in [0.29, 0.717) is 31.7 Å². The first-order valence-electron chi connectivity index (χ1n) is 6.37. The summed E-state index contributed by atoms with van der Waals surface area (Å²) < 4.78 is 43.3. The average Bonchev–Trinajstić information content (AvgIpc) is 2.37. The van der Waals surface area contributed by atoms with Gasteiger partial charge in [0, 0.05) is 12.6 Å². The number of hydrogen-bond acceptors (Lipinski definition) is 5. The summed E-state index contributed by atoms with van der Waals surface area (Å²) in [6.07, 6.45) is -2.91. The van der Waals surface area contributed by atoms with E-state index in [9.17, 15) is 23.3 Å². The van der Waals surface area contributed by atoms with Crippen LogP contribution in [0.1, 0.15) is 25.5 Å². The molecule has 116 valence electrons. The van der Waals surface area contributed by atoms with E-state index >= 15 is 0 Å². The number of nitrogens with zero attached hydrogens (tertiary/aromatic N) is 2. The highest BCUT2D eigenvalue weighted by atomic mass is 19.4. The monoisotopic (exact) mass is 305 g/mol. The fourth-order valence-corrected chi connectivity index (χ4v) is 2.21. The van der Waals surface area contributed by atoms with E-state index in [2.05, 4.69) is 10.3 Å². The van der Waals surface area contributed by atoms with Gasteiger partial charge in [-0.1, -0.05) is 0 Å². The molecule has 1 aromatic heterocycles. The molecule has 0 saturated carbocycles. The van der Waals surface area contributed by atoms with Crippen LogP contribution >= 0.6 is 0 Å². The molecule has 0 aromatic carbocycles. The van der Waals surface area contributed by atoms with Crippen LogP contribution in [0.4, 0.5) is 24.5 Å². The zero-order valence-corrected chi connectivity index (χ0v) is 11.2. The summed E-state index contributed by atoms with van der Waals surface area (Å²) in [5.41, 5.74) is -1.79. The molecular formula is C12H14F3N3O3. The first-order valence-corrected chi connectivity index (χ1v) is 6.37. The van der Waals surface area contributed by atoms with Crippen LogP contribution < -0.4 is 5.32 Å². The molecule has 1 N–H and O–H groups in total. The lowest BCUT2D eigenvalue weighted by Gasteiger charge is -2.28. The van der Waals surface area contributed by atoms with Crippen molar-refractivity contribution < 1.29 is 22.8 Å². The number of alkyl halides is 3. The minimum absolute atomic E-state index is 0.0424. The molecule has 2 atom stereocenters. The first-order chi connectivity index (χ1) is 9.77. The van der Waals surface area contributed by atoms with Gasteiger partial charge in [-0.05, 0) is 25.8 Å². The Hall–Kier alpha value is -1.90. The molecule has 9 heteroatoms. The summed E-state index contributed by atoms with van der Waals surface area (Å²) in [6, 6.07) is 0.508. The van der Waals surface area contributed by atoms with E-state index in [1.165, 1.54) is 0 Å². The predicted octanol–water partition coefficient (Wildman–Crippen LogP) is 2.99. The van der Waals surface area contributed by atoms with Gasteiger partial charge in [0.2, 0.25) is 0 Å². The number of pyridine rings is 1. The van der Waals surface area contributed by atoms with Gasteiger partial charge in [0.15, 0.2) is 0 Å². The fraction of sp³-hybridized carbons (Fsp3) is 0.583. The van der Waals surface area contributed by atoms with Gasteiger partial charge in [-0.2, -0.15) is 13.2 Å². The van der Waals surface area contributed by atoms with Crippen molar-refractivity contribution in [3.05, 3.63) is 28.1 Å². The van der Waals surface area contributed by atoms with E-state index < -0.39 is 22.5 Å². The number of nitrogens with one attached hydrogen (secondary N) is 1. The van der Waals surface area contributed by atoms with Gasteiger partial charge in [0.05, 0.1) is 11.0 Å². The number of aromatic nitrogens is 1. The highest BCUT2D eigenvalue weighted by molar-refractivity contribution is 5.61. The lowest BCUT2D eigenvalue weighted by Crippen LogP contribution is -2.32. The van der Waals surface area contributed by atoms with Crippen molar-refractivity contribution in [2.24, 2.45) is 0 Å². The molecule has 1 aliphatic rings. The largest absolute Gasteiger partial charge is 0.433 e. The third kappa shape index (κ3) is 3.81. The van der Waals surface area contributed by atoms with Crippen molar-refractivity contribution in [3.63, 3.8) is 0 Å². The number of anilines is 1. The quantitative estimate of drug-likeness (QED) is 0.686. The third-order valence-electron chi connectivity index (χ3n) is 3.21. The fourth-order valence-electron chi connectivity index (χ4n) is 2.21. The van der Waals surface area contributed by atoms with Crippen LogP contribution in [0.2, 0.25) is 0 Å². The van der Waals surface area contributed by atoms with Gasteiger partial charge in [-0.25, -0.2) is 4.98 Å². The van der Waals surface area contributed by atoms with E-state index in [1.807, 2.05) is 6.92 Å². The Morgan fingerprint density at radius 1 is 1.52 bits per heavy atom. The Labute approximate surface area is 118 Å². The molecule has 1 aliphatic heterocycles. The Kier molecular flexibility index (Phi) is 4.31. The molecule has 0 spiro atoms. The summed E-state index contributed by atoms with van der Waals surface area (Å²) in [5, 5.41) is 13.7. The van der Waals surface area contributed by atoms with Crippen molar-refractivity contribution in [2.75, 3.05) is 11.9 Å². The zero-order valence-electron chi connectivity index (χ0n) is 11.2. The maximum atomic E-state index is 12.7. The standard InChI is InChI=1S/C12H14F3N3O3/c1-7-4-8(2-3-21-7)17-9-5-11(12(13,14)15)16-6-10(9)18(19)20/h5-8H,2-4H2,1H3,(H,16,17). The SMILES string of the molecule is CC1CC(Nc2cc(C(F)(F)F)ncc2[N+](=O)[O-])CCO1. The summed E-state index contributed by atoms with van der Waals surface area (Å²) >= 11 is 0. The molecule has 1 saturated heterocycles. The van der Waals surface area contributed by atoms with Crippen LogP contribution in [0.5, 0.6) is 0 Å². The van der Waals surface area contributed by atoms with Gasteiger partial charge in [0.25, 0.3) is 0 Å². The molecule has 2 rings (SSSR count). The Balaban J connectivity index is 2.28. The van der Waals surface area contributed by atoms with E-state index in [4.69, 9.17) is 4.74 Å². The Bertz CT molecular complexity index is 536. The number of rotatable bonds is 3. The van der Waals surface area contributed by atoms with Crippen LogP contribution in [-0.2, 0) is 10.9 Å². The van der Waals surface area contributed by atoms with E-state index in [0.717, 1.165) is 0 Å². The van der Waals surface area contributed by atoms with E-state index in [-0.39, 0.29) is 17.8 Å². The lowest BCUT2D eigenvalue weighted by molar-refractivity contribution is -0.384. The second-order valence-electron chi connectivity index (χ2n) is 4.89. The molecule has 0 aliphatic carbocycles. The van der Waals surface area contributed by atoms with Crippen molar-refractivity contribution in [1.82, 2.24) is 4.98 Å². The minimum Gasteiger partial charge on any atom is -0.378 e. The molecule has 2 heterocycles. The number of nitro groups is 1. The van der Waals surface area contributed by atoms with Gasteiger partial charge in [0.1, 0.15) is 17.6 Å². The Morgan fingerprint density at radius 3 is 2.81 bits per heavy atom. The summed E-state index contributed by atoms with van der Waals surface area (Å²) in [7, 11) is 0. The van der Waals surface area contributed by atoms with Crippen LogP contribution in [0, 0.1) is 10.1 Å². The van der Waals surface area contributed by atoms with Crippen LogP contribution in [0.25, 0.3) is 0 Å². The third-order valence-corrected chi connectivity index (χ3v) is 3.21. The van der Waals surface area contributed by atoms with Gasteiger partial charge in [-0.15, -0.1) is 0 Å². The van der Waals surface area contributed by atoms with Crippen molar-refractivity contribution in [3.8, 4) is 0 Å². The van der Waals surface area contributed by atoms with Crippen molar-refractivity contribution in [2.45, 2.75) is 38.1 Å². The molecule has 0 bridgehead atoms. The van der Waals surface area contributed by atoms with Crippen molar-refractivity contribution >= 4 is 11.4 Å². The molecule has 0 radical (unpaired) electrons. The normalized spacial score (nSPS) is 22.9. The van der Waals surface area contributed by atoms with Crippen LogP contribution in [0.3, 0.4) is 0 Å². The summed E-state index contributed by atoms with van der Waals surface area (Å²) in [6.45, 7) is 2.31. The number of ether oxygens (including phenoxy) is 1. The van der Waals surface area contributed by atoms with Crippen LogP contribution in [0.15, 0.2) is 12.3 Å². The topological polar surface area (TPSA) is 77.3 Å². The molecule has 6 nitrogen and oxygen atoms in total. The molecule has 21 heavy (non-hydrogen) atoms. The molecule has 2 unspecified atom stereocenters. The molecule has 0 amide bonds.